The SMILES string of the molecule is CC(C)N1C(=O)CCN(CC(=O)O)C1=O. The Morgan fingerprint density at radius 2 is 2.07 bits per heavy atom. The van der Waals surface area contributed by atoms with E-state index >= 15 is 0 Å². The number of carboxylic acids is 1. The van der Waals surface area contributed by atoms with E-state index in [9.17, 15) is 14.4 Å². The maximum Gasteiger partial charge on any atom is 0.327 e. The fraction of sp³-hybridized carbons (Fsp3) is 0.667. The number of carbonyl (C=O) groups excluding carboxylic acids is 2. The molecule has 0 atom stereocenters. The maximum absolute atomic E-state index is 11.7. The average molecular weight is 214 g/mol. The molecule has 1 aliphatic rings. The lowest BCUT2D eigenvalue weighted by atomic mass is 10.2. The summed E-state index contributed by atoms with van der Waals surface area (Å²) >= 11 is 0. The van der Waals surface area contributed by atoms with Crippen LogP contribution in [0.2, 0.25) is 0 Å². The smallest absolute Gasteiger partial charge is 0.327 e. The number of hydrogen-bond acceptors (Lipinski definition) is 3. The Labute approximate surface area is 87.5 Å². The first-order chi connectivity index (χ1) is 6.93. The number of urea groups is 1. The second-order valence-electron chi connectivity index (χ2n) is 3.71. The molecule has 0 aromatic carbocycles. The Morgan fingerprint density at radius 1 is 1.47 bits per heavy atom. The van der Waals surface area contributed by atoms with Crippen LogP contribution in [0.4, 0.5) is 4.79 Å². The van der Waals surface area contributed by atoms with Gasteiger partial charge in [-0.1, -0.05) is 0 Å². The van der Waals surface area contributed by atoms with Crippen molar-refractivity contribution in [1.29, 1.82) is 0 Å². The fourth-order valence-electron chi connectivity index (χ4n) is 1.52. The zero-order valence-electron chi connectivity index (χ0n) is 8.77. The summed E-state index contributed by atoms with van der Waals surface area (Å²) < 4.78 is 0. The lowest BCUT2D eigenvalue weighted by Gasteiger charge is -2.35. The van der Waals surface area contributed by atoms with Crippen molar-refractivity contribution in [2.24, 2.45) is 0 Å². The van der Waals surface area contributed by atoms with E-state index in [1.807, 2.05) is 0 Å². The van der Waals surface area contributed by atoms with Crippen LogP contribution in [0.15, 0.2) is 0 Å². The first-order valence-electron chi connectivity index (χ1n) is 4.76. The van der Waals surface area contributed by atoms with Crippen LogP contribution in [0.1, 0.15) is 20.3 Å². The van der Waals surface area contributed by atoms with Crippen molar-refractivity contribution in [2.75, 3.05) is 13.1 Å². The molecule has 15 heavy (non-hydrogen) atoms. The number of amides is 3. The van der Waals surface area contributed by atoms with Gasteiger partial charge in [0.1, 0.15) is 6.54 Å². The summed E-state index contributed by atoms with van der Waals surface area (Å²) in [5, 5.41) is 8.58. The minimum Gasteiger partial charge on any atom is -0.480 e. The number of aliphatic carboxylic acids is 1. The van der Waals surface area contributed by atoms with Crippen molar-refractivity contribution >= 4 is 17.9 Å². The van der Waals surface area contributed by atoms with Gasteiger partial charge >= 0.3 is 12.0 Å². The van der Waals surface area contributed by atoms with Crippen LogP contribution < -0.4 is 0 Å². The lowest BCUT2D eigenvalue weighted by Crippen LogP contribution is -2.55. The van der Waals surface area contributed by atoms with E-state index in [0.717, 1.165) is 4.90 Å². The molecule has 3 amide bonds. The van der Waals surface area contributed by atoms with Gasteiger partial charge in [-0.2, -0.15) is 0 Å². The molecule has 84 valence electrons. The normalized spacial score (nSPS) is 17.5. The summed E-state index contributed by atoms with van der Waals surface area (Å²) in [4.78, 5) is 35.8. The van der Waals surface area contributed by atoms with Crippen LogP contribution in [0.3, 0.4) is 0 Å². The van der Waals surface area contributed by atoms with Gasteiger partial charge in [-0.05, 0) is 13.8 Å². The zero-order valence-corrected chi connectivity index (χ0v) is 8.77. The highest BCUT2D eigenvalue weighted by atomic mass is 16.4. The Kier molecular flexibility index (Phi) is 3.28. The quantitative estimate of drug-likeness (QED) is 0.724. The van der Waals surface area contributed by atoms with Gasteiger partial charge in [0.25, 0.3) is 0 Å². The Bertz CT molecular complexity index is 300. The van der Waals surface area contributed by atoms with Crippen molar-refractivity contribution in [3.63, 3.8) is 0 Å². The molecule has 1 aliphatic heterocycles. The topological polar surface area (TPSA) is 77.9 Å². The third-order valence-electron chi connectivity index (χ3n) is 2.18. The highest BCUT2D eigenvalue weighted by Crippen LogP contribution is 2.13. The summed E-state index contributed by atoms with van der Waals surface area (Å²) in [5.74, 6) is -1.31. The molecule has 1 rings (SSSR count). The third kappa shape index (κ3) is 2.45. The largest absolute Gasteiger partial charge is 0.480 e. The molecule has 0 spiro atoms. The van der Waals surface area contributed by atoms with E-state index in [-0.39, 0.29) is 31.5 Å². The van der Waals surface area contributed by atoms with Gasteiger partial charge in [0.15, 0.2) is 0 Å². The van der Waals surface area contributed by atoms with E-state index < -0.39 is 12.0 Å². The maximum atomic E-state index is 11.7. The molecule has 1 fully saturated rings. The van der Waals surface area contributed by atoms with Crippen LogP contribution in [0.25, 0.3) is 0 Å². The van der Waals surface area contributed by atoms with Crippen LogP contribution in [-0.2, 0) is 9.59 Å². The van der Waals surface area contributed by atoms with Gasteiger partial charge in [0.2, 0.25) is 5.91 Å². The Balaban J connectivity index is 2.77. The molecule has 0 aromatic heterocycles. The van der Waals surface area contributed by atoms with Crippen molar-refractivity contribution in [2.45, 2.75) is 26.3 Å². The molecule has 0 bridgehead atoms. The van der Waals surface area contributed by atoms with Crippen LogP contribution in [0, 0.1) is 0 Å². The van der Waals surface area contributed by atoms with Crippen LogP contribution in [0.5, 0.6) is 0 Å². The molecule has 1 saturated heterocycles. The van der Waals surface area contributed by atoms with E-state index in [0.29, 0.717) is 0 Å². The number of carbonyl (C=O) groups is 3. The molecule has 6 nitrogen and oxygen atoms in total. The number of rotatable bonds is 3. The minimum absolute atomic E-state index is 0.188. The fourth-order valence-corrected chi connectivity index (χ4v) is 1.52. The Morgan fingerprint density at radius 3 is 2.53 bits per heavy atom. The monoisotopic (exact) mass is 214 g/mol. The molecule has 0 aromatic rings. The second kappa shape index (κ2) is 4.29. The third-order valence-corrected chi connectivity index (χ3v) is 2.18. The number of imide groups is 1. The van der Waals surface area contributed by atoms with E-state index in [1.54, 1.807) is 13.8 Å². The van der Waals surface area contributed by atoms with Crippen molar-refractivity contribution in [3.05, 3.63) is 0 Å². The van der Waals surface area contributed by atoms with Gasteiger partial charge in [-0.15, -0.1) is 0 Å². The standard InChI is InChI=1S/C9H14N2O4/c1-6(2)11-7(12)3-4-10(9(11)15)5-8(13)14/h6H,3-5H2,1-2H3,(H,13,14). The predicted molar refractivity (Wildman–Crippen MR) is 51.2 cm³/mol. The van der Waals surface area contributed by atoms with Crippen LogP contribution in [-0.4, -0.2) is 51.9 Å². The number of carboxylic acid groups (broad SMARTS) is 1. The number of hydrogen-bond donors (Lipinski definition) is 1. The summed E-state index contributed by atoms with van der Waals surface area (Å²) in [5.41, 5.74) is 0. The summed E-state index contributed by atoms with van der Waals surface area (Å²) in [6.07, 6.45) is 0.192. The molecule has 0 aliphatic carbocycles. The average Bonchev–Trinajstić information content (AvgIpc) is 2.09. The highest BCUT2D eigenvalue weighted by molar-refractivity contribution is 5.98. The Hall–Kier alpha value is -1.59. The van der Waals surface area contributed by atoms with Gasteiger partial charge < -0.3 is 10.0 Å². The summed E-state index contributed by atoms with van der Waals surface area (Å²) in [6.45, 7) is 3.28. The van der Waals surface area contributed by atoms with Gasteiger partial charge in [-0.3, -0.25) is 14.5 Å². The van der Waals surface area contributed by atoms with Gasteiger partial charge in [0.05, 0.1) is 0 Å². The van der Waals surface area contributed by atoms with E-state index in [4.69, 9.17) is 5.11 Å². The van der Waals surface area contributed by atoms with Crippen molar-refractivity contribution < 1.29 is 19.5 Å². The van der Waals surface area contributed by atoms with Crippen molar-refractivity contribution in [3.8, 4) is 0 Å². The first kappa shape index (κ1) is 11.5. The van der Waals surface area contributed by atoms with E-state index in [1.165, 1.54) is 4.90 Å². The van der Waals surface area contributed by atoms with Gasteiger partial charge in [-0.25, -0.2) is 4.79 Å². The lowest BCUT2D eigenvalue weighted by molar-refractivity contribution is -0.140. The zero-order chi connectivity index (χ0) is 11.6. The molecular weight excluding hydrogens is 200 g/mol. The van der Waals surface area contributed by atoms with Crippen molar-refractivity contribution in [1.82, 2.24) is 9.80 Å². The predicted octanol–water partition coefficient (Wildman–Crippen LogP) is 0.134. The molecule has 1 heterocycles. The summed E-state index contributed by atoms with van der Waals surface area (Å²) in [6, 6.07) is -0.745. The first-order valence-corrected chi connectivity index (χ1v) is 4.76. The van der Waals surface area contributed by atoms with E-state index in [2.05, 4.69) is 0 Å². The molecule has 0 radical (unpaired) electrons. The molecule has 0 unspecified atom stereocenters. The second-order valence-corrected chi connectivity index (χ2v) is 3.71. The molecule has 1 N–H and O–H groups in total. The molecule has 6 heteroatoms. The van der Waals surface area contributed by atoms with Crippen LogP contribution >= 0.6 is 0 Å². The molecule has 0 saturated carbocycles. The number of nitrogens with zero attached hydrogens (tertiary/aromatic N) is 2. The highest BCUT2D eigenvalue weighted by Gasteiger charge is 2.34. The molecular formula is C9H14N2O4. The summed E-state index contributed by atoms with van der Waals surface area (Å²) in [7, 11) is 0. The van der Waals surface area contributed by atoms with Gasteiger partial charge in [0, 0.05) is 19.0 Å². The minimum atomic E-state index is -1.07.